The van der Waals surface area contributed by atoms with Crippen LogP contribution in [0.1, 0.15) is 71.1 Å². The molecule has 4 fully saturated rings. The van der Waals surface area contributed by atoms with Gasteiger partial charge in [0.2, 0.25) is 0 Å². The van der Waals surface area contributed by atoms with Gasteiger partial charge in [-0.05, 0) is 85.7 Å². The van der Waals surface area contributed by atoms with Crippen molar-refractivity contribution in [2.24, 2.45) is 11.8 Å². The highest BCUT2D eigenvalue weighted by Gasteiger charge is 2.50. The van der Waals surface area contributed by atoms with Crippen LogP contribution < -0.4 is 0 Å². The smallest absolute Gasteiger partial charge is 0.0209 e. The van der Waals surface area contributed by atoms with Crippen molar-refractivity contribution < 1.29 is 0 Å². The average Bonchev–Trinajstić information content (AvgIpc) is 3.68. The van der Waals surface area contributed by atoms with E-state index in [2.05, 4.69) is 74.1 Å². The molecule has 0 N–H and O–H groups in total. The summed E-state index contributed by atoms with van der Waals surface area (Å²) in [7, 11) is 0. The van der Waals surface area contributed by atoms with Gasteiger partial charge in [-0.1, -0.05) is 93.4 Å². The molecule has 0 atom stereocenters. The predicted molar refractivity (Wildman–Crippen MR) is 145 cm³/mol. The zero-order valence-electron chi connectivity index (χ0n) is 21.1. The third-order valence-electron chi connectivity index (χ3n) is 9.44. The number of fused-ring (bicyclic) bond motifs is 4. The van der Waals surface area contributed by atoms with Gasteiger partial charge in [-0.15, -0.1) is 0 Å². The largest absolute Gasteiger partial charge is 0.0758 e. The summed E-state index contributed by atoms with van der Waals surface area (Å²) < 4.78 is 0. The van der Waals surface area contributed by atoms with E-state index < -0.39 is 0 Å². The first-order chi connectivity index (χ1) is 17.3. The van der Waals surface area contributed by atoms with Crippen LogP contribution in [0, 0.1) is 71.5 Å². The zero-order valence-corrected chi connectivity index (χ0v) is 21.1. The Hall–Kier alpha value is -1.56. The van der Waals surface area contributed by atoms with Crippen LogP contribution in [-0.2, 0) is 0 Å². The van der Waals surface area contributed by atoms with Crippen molar-refractivity contribution in [2.45, 2.75) is 71.1 Å². The summed E-state index contributed by atoms with van der Waals surface area (Å²) in [4.78, 5) is 0. The van der Waals surface area contributed by atoms with Crippen LogP contribution in [0.5, 0.6) is 0 Å². The molecule has 35 heavy (non-hydrogen) atoms. The van der Waals surface area contributed by atoms with Gasteiger partial charge in [0, 0.05) is 35.5 Å². The lowest BCUT2D eigenvalue weighted by molar-refractivity contribution is 0.580. The van der Waals surface area contributed by atoms with Gasteiger partial charge in [-0.2, -0.15) is 0 Å². The van der Waals surface area contributed by atoms with E-state index in [1.165, 1.54) is 92.8 Å². The number of hydrogen-bond acceptors (Lipinski definition) is 0. The van der Waals surface area contributed by atoms with Crippen LogP contribution in [0.2, 0.25) is 0 Å². The Bertz CT molecular complexity index is 938. The molecule has 10 radical (unpaired) electrons. The SMILES string of the molecule is C[C]1[CH][C]2C=C(C3CCCC3)C(C3CCCC3)=C[C]2[C]1CC[C]1[C]2C=CC=C[C]2[C]2C=CC=C[C]21. The predicted octanol–water partition coefficient (Wildman–Crippen LogP) is 8.69. The maximum absolute atomic E-state index is 2.67. The minimum absolute atomic E-state index is 0.793. The molecule has 7 aliphatic rings. The Morgan fingerprint density at radius 1 is 0.571 bits per heavy atom. The molecule has 176 valence electrons. The van der Waals surface area contributed by atoms with Gasteiger partial charge in [0.1, 0.15) is 0 Å². The van der Waals surface area contributed by atoms with E-state index in [1.807, 2.05) is 0 Å². The number of hydrogen-bond donors (Lipinski definition) is 0. The second kappa shape index (κ2) is 9.39. The number of allylic oxidation sites excluding steroid dienone is 12. The third-order valence-corrected chi connectivity index (χ3v) is 9.44. The molecular formula is C35H36. The normalized spacial score (nSPS) is 30.5. The summed E-state index contributed by atoms with van der Waals surface area (Å²) in [6.45, 7) is 2.35. The van der Waals surface area contributed by atoms with Crippen molar-refractivity contribution in [3.8, 4) is 0 Å². The molecule has 0 aliphatic heterocycles. The van der Waals surface area contributed by atoms with Crippen molar-refractivity contribution in [1.82, 2.24) is 0 Å². The first kappa shape index (κ1) is 22.6. The van der Waals surface area contributed by atoms with E-state index in [9.17, 15) is 0 Å². The molecule has 0 saturated heterocycles. The zero-order chi connectivity index (χ0) is 23.4. The highest BCUT2D eigenvalue weighted by molar-refractivity contribution is 5.77. The van der Waals surface area contributed by atoms with E-state index in [-0.39, 0.29) is 0 Å². The van der Waals surface area contributed by atoms with Crippen LogP contribution in [0.3, 0.4) is 0 Å². The first-order valence-corrected chi connectivity index (χ1v) is 14.1. The summed E-state index contributed by atoms with van der Waals surface area (Å²) in [5.74, 6) is 15.0. The maximum Gasteiger partial charge on any atom is 0.0209 e. The van der Waals surface area contributed by atoms with Crippen LogP contribution in [-0.4, -0.2) is 0 Å². The standard InChI is InChI=1S/C35H36/c1-23-20-26-21-33(24-10-2-3-11-24)34(25-12-4-5-13-25)22-35(26)27(23)18-19-32-30-16-8-6-14-28(30)29-15-7-9-17-31(29)32/h6-9,14-17,20-22,24-25H,2-5,10-13,18-19H2,1H3. The van der Waals surface area contributed by atoms with Crippen LogP contribution in [0.15, 0.2) is 71.9 Å². The van der Waals surface area contributed by atoms with E-state index in [4.69, 9.17) is 0 Å². The highest BCUT2D eigenvalue weighted by atomic mass is 14.5. The maximum atomic E-state index is 2.67. The summed E-state index contributed by atoms with van der Waals surface area (Å²) in [5.41, 5.74) is 3.43. The fraction of sp³-hybridized carbons (Fsp3) is 0.371. The van der Waals surface area contributed by atoms with Crippen LogP contribution >= 0.6 is 0 Å². The molecule has 0 heterocycles. The molecule has 7 rings (SSSR count). The fourth-order valence-corrected chi connectivity index (χ4v) is 7.70. The lowest BCUT2D eigenvalue weighted by Gasteiger charge is -2.33. The Kier molecular flexibility index (Phi) is 6.07. The van der Waals surface area contributed by atoms with E-state index in [0.717, 1.165) is 24.7 Å². The first-order valence-electron chi connectivity index (χ1n) is 14.1. The Morgan fingerprint density at radius 2 is 1.06 bits per heavy atom. The third kappa shape index (κ3) is 3.93. The van der Waals surface area contributed by atoms with Gasteiger partial charge in [0.25, 0.3) is 0 Å². The minimum atomic E-state index is 0.793. The molecule has 0 aromatic carbocycles. The van der Waals surface area contributed by atoms with Gasteiger partial charge in [0.15, 0.2) is 0 Å². The molecule has 7 aliphatic carbocycles. The molecule has 0 aromatic heterocycles. The molecule has 0 aromatic rings. The molecule has 0 heteroatoms. The molecule has 0 amide bonds. The summed E-state index contributed by atoms with van der Waals surface area (Å²) in [6, 6.07) is 0. The lowest BCUT2D eigenvalue weighted by atomic mass is 9.71. The van der Waals surface area contributed by atoms with E-state index >= 15 is 0 Å². The molecule has 0 bridgehead atoms. The topological polar surface area (TPSA) is 0 Å². The van der Waals surface area contributed by atoms with Gasteiger partial charge < -0.3 is 0 Å². The van der Waals surface area contributed by atoms with Crippen molar-refractivity contribution in [1.29, 1.82) is 0 Å². The Labute approximate surface area is 214 Å². The molecule has 0 nitrogen and oxygen atoms in total. The second-order valence-corrected chi connectivity index (χ2v) is 11.4. The molecular weight excluding hydrogens is 420 g/mol. The van der Waals surface area contributed by atoms with Gasteiger partial charge in [-0.3, -0.25) is 0 Å². The van der Waals surface area contributed by atoms with Crippen molar-refractivity contribution >= 4 is 0 Å². The van der Waals surface area contributed by atoms with Gasteiger partial charge in [-0.25, -0.2) is 0 Å². The molecule has 0 unspecified atom stereocenters. The van der Waals surface area contributed by atoms with Crippen LogP contribution in [0.4, 0.5) is 0 Å². The Balaban J connectivity index is 1.12. The molecule has 0 spiro atoms. The monoisotopic (exact) mass is 456 g/mol. The van der Waals surface area contributed by atoms with E-state index in [0.29, 0.717) is 0 Å². The van der Waals surface area contributed by atoms with Crippen molar-refractivity contribution in [2.75, 3.05) is 0 Å². The van der Waals surface area contributed by atoms with Crippen LogP contribution in [0.25, 0.3) is 0 Å². The minimum Gasteiger partial charge on any atom is -0.0758 e. The summed E-state index contributed by atoms with van der Waals surface area (Å²) in [6.07, 6.45) is 39.3. The lowest BCUT2D eigenvalue weighted by Crippen LogP contribution is -2.20. The van der Waals surface area contributed by atoms with Gasteiger partial charge >= 0.3 is 0 Å². The highest BCUT2D eigenvalue weighted by Crippen LogP contribution is 2.61. The summed E-state index contributed by atoms with van der Waals surface area (Å²) >= 11 is 0. The van der Waals surface area contributed by atoms with Gasteiger partial charge in [0.05, 0.1) is 0 Å². The fourth-order valence-electron chi connectivity index (χ4n) is 7.70. The molecule has 4 saturated carbocycles. The van der Waals surface area contributed by atoms with Crippen molar-refractivity contribution in [3.63, 3.8) is 0 Å². The quantitative estimate of drug-likeness (QED) is 0.388. The second-order valence-electron chi connectivity index (χ2n) is 11.4. The van der Waals surface area contributed by atoms with Crippen molar-refractivity contribution in [3.05, 3.63) is 132 Å². The van der Waals surface area contributed by atoms with E-state index in [1.54, 1.807) is 23.0 Å². The summed E-state index contributed by atoms with van der Waals surface area (Å²) in [5, 5.41) is 0. The Morgan fingerprint density at radius 3 is 1.63 bits per heavy atom. The average molecular weight is 457 g/mol. The number of rotatable bonds is 5.